The molecule has 3 aromatic rings. The number of halogens is 2. The Balaban J connectivity index is 1.41. The number of amides is 1. The molecule has 0 saturated carbocycles. The van der Waals surface area contributed by atoms with E-state index < -0.39 is 11.3 Å². The summed E-state index contributed by atoms with van der Waals surface area (Å²) in [7, 11) is 3.02. The zero-order chi connectivity index (χ0) is 28.0. The zero-order valence-electron chi connectivity index (χ0n) is 22.2. The molecule has 1 heterocycles. The van der Waals surface area contributed by atoms with Crippen molar-refractivity contribution in [2.75, 3.05) is 32.8 Å². The van der Waals surface area contributed by atoms with Crippen LogP contribution in [0.1, 0.15) is 41.3 Å². The molecule has 7 nitrogen and oxygen atoms in total. The highest BCUT2D eigenvalue weighted by atomic mass is 19.3. The number of nitrogens with one attached hydrogen (secondary N) is 2. The van der Waals surface area contributed by atoms with Gasteiger partial charge in [0.05, 0.1) is 26.2 Å². The molecule has 0 bridgehead atoms. The summed E-state index contributed by atoms with van der Waals surface area (Å²) in [5, 5.41) is 5.98. The van der Waals surface area contributed by atoms with Gasteiger partial charge in [-0.1, -0.05) is 30.3 Å². The Hall–Kier alpha value is -3.98. The van der Waals surface area contributed by atoms with Gasteiger partial charge >= 0.3 is 0 Å². The quantitative estimate of drug-likeness (QED) is 0.298. The first kappa shape index (κ1) is 28.0. The third kappa shape index (κ3) is 6.72. The summed E-state index contributed by atoms with van der Waals surface area (Å²) >= 11 is 0. The third-order valence-electron chi connectivity index (χ3n) is 6.84. The predicted octanol–water partition coefficient (Wildman–Crippen LogP) is 5.86. The van der Waals surface area contributed by atoms with E-state index in [0.29, 0.717) is 41.5 Å². The maximum atomic E-state index is 13.9. The number of ether oxygens (including phenoxy) is 3. The van der Waals surface area contributed by atoms with E-state index in [1.54, 1.807) is 60.7 Å². The smallest absolute Gasteiger partial charge is 0.272 e. The SMILES string of the molecule is COc1cc(OC)cc(C(=O)C[C@@]2(C(=O)NCc3ccc(Nc4ccccc4C(C)(F)F)cc3)CCOC2)c1. The number of carbonyl (C=O) groups is 2. The largest absolute Gasteiger partial charge is 0.497 e. The number of anilines is 2. The number of ketones is 1. The molecule has 0 radical (unpaired) electrons. The first-order valence-electron chi connectivity index (χ1n) is 12.6. The molecular formula is C30H32F2N2O5. The minimum Gasteiger partial charge on any atom is -0.497 e. The van der Waals surface area contributed by atoms with Crippen LogP contribution in [0.15, 0.2) is 66.7 Å². The summed E-state index contributed by atoms with van der Waals surface area (Å²) in [5.74, 6) is -2.47. The number of para-hydroxylation sites is 1. The number of methoxy groups -OCH3 is 2. The minimum absolute atomic E-state index is 0.0144. The van der Waals surface area contributed by atoms with Crippen molar-refractivity contribution in [1.82, 2.24) is 5.32 Å². The second kappa shape index (κ2) is 11.8. The molecule has 3 aromatic carbocycles. The first-order chi connectivity index (χ1) is 18.6. The second-order valence-corrected chi connectivity index (χ2v) is 9.72. The van der Waals surface area contributed by atoms with Gasteiger partial charge < -0.3 is 24.8 Å². The van der Waals surface area contributed by atoms with E-state index in [-0.39, 0.29) is 36.8 Å². The van der Waals surface area contributed by atoms with E-state index in [1.165, 1.54) is 20.3 Å². The van der Waals surface area contributed by atoms with Crippen molar-refractivity contribution in [2.45, 2.75) is 32.2 Å². The summed E-state index contributed by atoms with van der Waals surface area (Å²) in [6.07, 6.45) is 0.412. The molecule has 1 fully saturated rings. The van der Waals surface area contributed by atoms with Gasteiger partial charge in [-0.3, -0.25) is 9.59 Å². The van der Waals surface area contributed by atoms with Gasteiger partial charge in [0.15, 0.2) is 5.78 Å². The molecule has 1 saturated heterocycles. The molecule has 1 aliphatic rings. The van der Waals surface area contributed by atoms with Crippen molar-refractivity contribution < 1.29 is 32.6 Å². The highest BCUT2D eigenvalue weighted by Gasteiger charge is 2.44. The Morgan fingerprint density at radius 3 is 2.26 bits per heavy atom. The maximum Gasteiger partial charge on any atom is 0.272 e. The van der Waals surface area contributed by atoms with Crippen LogP contribution in [0.2, 0.25) is 0 Å². The van der Waals surface area contributed by atoms with E-state index in [9.17, 15) is 18.4 Å². The molecule has 0 unspecified atom stereocenters. The topological polar surface area (TPSA) is 85.9 Å². The number of hydrogen-bond acceptors (Lipinski definition) is 6. The fourth-order valence-electron chi connectivity index (χ4n) is 4.59. The minimum atomic E-state index is -2.98. The lowest BCUT2D eigenvalue weighted by Gasteiger charge is -2.25. The van der Waals surface area contributed by atoms with Gasteiger partial charge in [-0.15, -0.1) is 0 Å². The number of rotatable bonds is 11. The molecule has 0 aliphatic carbocycles. The van der Waals surface area contributed by atoms with Crippen molar-refractivity contribution in [3.05, 3.63) is 83.4 Å². The molecule has 206 valence electrons. The van der Waals surface area contributed by atoms with E-state index >= 15 is 0 Å². The van der Waals surface area contributed by atoms with Crippen molar-refractivity contribution in [3.8, 4) is 11.5 Å². The number of hydrogen-bond donors (Lipinski definition) is 2. The summed E-state index contributed by atoms with van der Waals surface area (Å²) in [5.41, 5.74) is 1.11. The summed E-state index contributed by atoms with van der Waals surface area (Å²) in [4.78, 5) is 26.5. The highest BCUT2D eigenvalue weighted by molar-refractivity contribution is 6.00. The van der Waals surface area contributed by atoms with Crippen molar-refractivity contribution in [2.24, 2.45) is 5.41 Å². The van der Waals surface area contributed by atoms with Crippen LogP contribution in [-0.4, -0.2) is 39.1 Å². The molecule has 2 N–H and O–H groups in total. The molecular weight excluding hydrogens is 506 g/mol. The van der Waals surface area contributed by atoms with Crippen LogP contribution in [0.4, 0.5) is 20.2 Å². The normalized spacial score (nSPS) is 16.9. The first-order valence-corrected chi connectivity index (χ1v) is 12.6. The van der Waals surface area contributed by atoms with Gasteiger partial charge in [0, 0.05) is 55.1 Å². The van der Waals surface area contributed by atoms with Gasteiger partial charge in [0.2, 0.25) is 5.91 Å². The molecule has 1 aliphatic heterocycles. The van der Waals surface area contributed by atoms with Crippen molar-refractivity contribution in [1.29, 1.82) is 0 Å². The maximum absolute atomic E-state index is 13.9. The van der Waals surface area contributed by atoms with Gasteiger partial charge in [0.1, 0.15) is 11.5 Å². The monoisotopic (exact) mass is 538 g/mol. The molecule has 1 amide bonds. The summed E-state index contributed by atoms with van der Waals surface area (Å²) in [6, 6.07) is 18.3. The predicted molar refractivity (Wildman–Crippen MR) is 144 cm³/mol. The Morgan fingerprint density at radius 1 is 1.00 bits per heavy atom. The molecule has 39 heavy (non-hydrogen) atoms. The standard InChI is InChI=1S/C30H32F2N2O5/c1-29(31,32)25-6-4-5-7-26(25)34-22-10-8-20(9-11-22)18-33-28(36)30(12-13-39-19-30)17-27(35)21-14-23(37-2)16-24(15-21)38-3/h4-11,14-16,34H,12-13,17-19H2,1-3H3,(H,33,36)/t30-/m0/s1. The van der Waals surface area contributed by atoms with E-state index in [0.717, 1.165) is 12.5 Å². The van der Waals surface area contributed by atoms with Gasteiger partial charge in [0.25, 0.3) is 5.92 Å². The van der Waals surface area contributed by atoms with Crippen LogP contribution in [0.25, 0.3) is 0 Å². The third-order valence-corrected chi connectivity index (χ3v) is 6.84. The van der Waals surface area contributed by atoms with Crippen molar-refractivity contribution in [3.63, 3.8) is 0 Å². The van der Waals surface area contributed by atoms with Gasteiger partial charge in [-0.2, -0.15) is 0 Å². The molecule has 0 aromatic heterocycles. The average molecular weight is 539 g/mol. The summed E-state index contributed by atoms with van der Waals surface area (Å²) in [6.45, 7) is 1.64. The van der Waals surface area contributed by atoms with Crippen LogP contribution in [0, 0.1) is 5.41 Å². The molecule has 9 heteroatoms. The summed E-state index contributed by atoms with van der Waals surface area (Å²) < 4.78 is 44.0. The lowest BCUT2D eigenvalue weighted by atomic mass is 9.79. The lowest BCUT2D eigenvalue weighted by molar-refractivity contribution is -0.131. The average Bonchev–Trinajstić information content (AvgIpc) is 3.41. The fraction of sp³-hybridized carbons (Fsp3) is 0.333. The number of alkyl halides is 2. The van der Waals surface area contributed by atoms with Gasteiger partial charge in [-0.05, 0) is 42.3 Å². The zero-order valence-corrected chi connectivity index (χ0v) is 22.2. The van der Waals surface area contributed by atoms with Crippen LogP contribution in [0.5, 0.6) is 11.5 Å². The van der Waals surface area contributed by atoms with Crippen LogP contribution >= 0.6 is 0 Å². The number of benzene rings is 3. The molecule has 0 spiro atoms. The number of carbonyl (C=O) groups excluding carboxylic acids is 2. The van der Waals surface area contributed by atoms with Crippen LogP contribution in [-0.2, 0) is 22.0 Å². The Bertz CT molecular complexity index is 1290. The lowest BCUT2D eigenvalue weighted by Crippen LogP contribution is -2.42. The van der Waals surface area contributed by atoms with Crippen molar-refractivity contribution >= 4 is 23.1 Å². The van der Waals surface area contributed by atoms with E-state index in [4.69, 9.17) is 14.2 Å². The van der Waals surface area contributed by atoms with Crippen LogP contribution < -0.4 is 20.1 Å². The number of Topliss-reactive ketones (excluding diaryl/α,β-unsaturated/α-hetero) is 1. The second-order valence-electron chi connectivity index (χ2n) is 9.72. The fourth-order valence-corrected chi connectivity index (χ4v) is 4.59. The van der Waals surface area contributed by atoms with E-state index in [2.05, 4.69) is 10.6 Å². The van der Waals surface area contributed by atoms with Crippen LogP contribution in [0.3, 0.4) is 0 Å². The Kier molecular flexibility index (Phi) is 8.50. The Labute approximate surface area is 226 Å². The Morgan fingerprint density at radius 2 is 1.67 bits per heavy atom. The molecule has 4 rings (SSSR count). The van der Waals surface area contributed by atoms with E-state index in [1.807, 2.05) is 0 Å². The molecule has 1 atom stereocenters. The highest BCUT2D eigenvalue weighted by Crippen LogP contribution is 2.36. The van der Waals surface area contributed by atoms with Gasteiger partial charge in [-0.25, -0.2) is 8.78 Å².